The molecule has 0 saturated carbocycles. The van der Waals surface area contributed by atoms with Crippen LogP contribution in [0.5, 0.6) is 0 Å². The van der Waals surface area contributed by atoms with Crippen molar-refractivity contribution in [3.8, 4) is 0 Å². The molecule has 0 amide bonds. The predicted octanol–water partition coefficient (Wildman–Crippen LogP) is 12.6. The van der Waals surface area contributed by atoms with Gasteiger partial charge in [-0.25, -0.2) is 5.32 Å². The fourth-order valence-electron chi connectivity index (χ4n) is 1.50. The summed E-state index contributed by atoms with van der Waals surface area (Å²) in [6, 6.07) is 0. The molecule has 1 nitrogen and oxygen atoms in total. The van der Waals surface area contributed by atoms with Crippen molar-refractivity contribution < 1.29 is 0 Å². The first-order valence-electron chi connectivity index (χ1n) is 6.66. The lowest BCUT2D eigenvalue weighted by Crippen LogP contribution is -2.72. The number of rotatable bonds is 8. The topological polar surface area (TPSA) is 12.0 Å². The average Bonchev–Trinajstić information content (AvgIpc) is 2.50. The van der Waals surface area contributed by atoms with E-state index in [-0.39, 0.29) is 0 Å². The summed E-state index contributed by atoms with van der Waals surface area (Å²) in [7, 11) is 0. The molecule has 0 spiro atoms. The van der Waals surface area contributed by atoms with Crippen molar-refractivity contribution in [3.05, 3.63) is 0 Å². The Morgan fingerprint density at radius 1 is 0.242 bits per heavy atom. The van der Waals surface area contributed by atoms with Crippen LogP contribution in [0, 0.1) is 0 Å². The first-order valence-corrected chi connectivity index (χ1v) is 15.0. The molecular formula is C10HCl22N. The monoisotopic (exact) mass is 904 g/mol. The van der Waals surface area contributed by atoms with E-state index in [1.807, 2.05) is 5.32 Å². The van der Waals surface area contributed by atoms with Gasteiger partial charge in [-0.3, -0.25) is 0 Å². The molecule has 0 unspecified atom stereocenters. The van der Waals surface area contributed by atoms with Gasteiger partial charge in [0, 0.05) is 0 Å². The summed E-state index contributed by atoms with van der Waals surface area (Å²) >= 11 is 132. The van der Waals surface area contributed by atoms with Gasteiger partial charge in [0.05, 0.1) is 0 Å². The quantitative estimate of drug-likeness (QED) is 0.189. The summed E-state index contributed by atoms with van der Waals surface area (Å²) in [5.41, 5.74) is 0. The molecule has 0 fully saturated rings. The fourth-order valence-corrected chi connectivity index (χ4v) is 7.49. The van der Waals surface area contributed by atoms with E-state index in [0.717, 1.165) is 0 Å². The summed E-state index contributed by atoms with van der Waals surface area (Å²) in [5, 5.41) is 1.98. The van der Waals surface area contributed by atoms with Gasteiger partial charge in [0.25, 0.3) is 0 Å². The average molecular weight is 915 g/mol. The highest BCUT2D eigenvalue weighted by atomic mass is 35.6. The summed E-state index contributed by atoms with van der Waals surface area (Å²) in [6.45, 7) is 0. The maximum Gasteiger partial charge on any atom is 0.226 e. The van der Waals surface area contributed by atoms with Crippen LogP contribution in [0.4, 0.5) is 0 Å². The Morgan fingerprint density at radius 3 is 0.576 bits per heavy atom. The Bertz CT molecular complexity index is 648. The second kappa shape index (κ2) is 11.8. The number of hydrogen-bond acceptors (Lipinski definition) is 1. The highest BCUT2D eigenvalue weighted by Gasteiger charge is 2.77. The van der Waals surface area contributed by atoms with Gasteiger partial charge in [0.1, 0.15) is 0 Å². The molecule has 0 heterocycles. The zero-order valence-electron chi connectivity index (χ0n) is 13.8. The van der Waals surface area contributed by atoms with Crippen molar-refractivity contribution in [1.29, 1.82) is 0 Å². The molecule has 1 N–H and O–H groups in total. The van der Waals surface area contributed by atoms with Crippen molar-refractivity contribution in [3.63, 3.8) is 0 Å². The van der Waals surface area contributed by atoms with Gasteiger partial charge in [-0.05, 0) is 0 Å². The molecule has 0 radical (unpaired) electrons. The highest BCUT2D eigenvalue weighted by molar-refractivity contribution is 6.83. The SMILES string of the molecule is ClC(Cl)(Cl)C(Cl)(Cl)C(Cl)(Cl)C(Cl)(Cl)C(Cl)(Cl)NC(Cl)(Cl)C(Cl)(Cl)C(Cl)(Cl)C(Cl)(Cl)C(Cl)(Cl)Cl. The lowest BCUT2D eigenvalue weighted by atomic mass is 10.1. The third-order valence-electron chi connectivity index (χ3n) is 3.39. The second-order valence-corrected chi connectivity index (χ2v) is 20.9. The van der Waals surface area contributed by atoms with Crippen molar-refractivity contribution in [1.82, 2.24) is 5.32 Å². The maximum atomic E-state index is 6.19. The van der Waals surface area contributed by atoms with E-state index in [1.165, 1.54) is 0 Å². The molecule has 0 aromatic heterocycles. The van der Waals surface area contributed by atoms with E-state index >= 15 is 0 Å². The van der Waals surface area contributed by atoms with Gasteiger partial charge >= 0.3 is 0 Å². The molecule has 23 heteroatoms. The summed E-state index contributed by atoms with van der Waals surface area (Å²) in [4.78, 5) is 0. The third-order valence-corrected chi connectivity index (χ3v) is 16.9. The van der Waals surface area contributed by atoms with Crippen molar-refractivity contribution >= 4 is 255 Å². The first-order chi connectivity index (χ1) is 13.7. The number of hydrogen-bond donors (Lipinski definition) is 1. The Hall–Kier alpha value is 6.34. The van der Waals surface area contributed by atoms with Crippen molar-refractivity contribution in [2.45, 2.75) is 42.5 Å². The van der Waals surface area contributed by atoms with E-state index in [1.54, 1.807) is 0 Å². The summed E-state index contributed by atoms with van der Waals surface area (Å²) in [6.07, 6.45) is 0. The van der Waals surface area contributed by atoms with E-state index in [2.05, 4.69) is 0 Å². The molecule has 33 heavy (non-hydrogen) atoms. The van der Waals surface area contributed by atoms with Crippen LogP contribution >= 0.6 is 255 Å². The normalized spacial score (nSPS) is 16.9. The lowest BCUT2D eigenvalue weighted by Gasteiger charge is -2.52. The Balaban J connectivity index is 6.59. The Labute approximate surface area is 298 Å². The van der Waals surface area contributed by atoms with Crippen LogP contribution in [0.3, 0.4) is 0 Å². The molecule has 0 saturated heterocycles. The minimum Gasteiger partial charge on any atom is -0.249 e. The molecule has 0 aliphatic carbocycles. The van der Waals surface area contributed by atoms with Crippen molar-refractivity contribution in [2.75, 3.05) is 0 Å². The fraction of sp³-hybridized carbons (Fsp3) is 1.00. The number of nitrogens with one attached hydrogen (secondary N) is 1. The summed E-state index contributed by atoms with van der Waals surface area (Å²) < 4.78 is -28.7. The zero-order valence-corrected chi connectivity index (χ0v) is 30.4. The second-order valence-electron chi connectivity index (χ2n) is 5.72. The molecule has 0 atom stereocenters. The van der Waals surface area contributed by atoms with Crippen LogP contribution < -0.4 is 5.32 Å². The molecule has 0 rings (SSSR count). The molecule has 0 aliphatic rings. The minimum atomic E-state index is -2.99. The molecular weight excluding hydrogens is 914 g/mol. The van der Waals surface area contributed by atoms with E-state index in [4.69, 9.17) is 255 Å². The van der Waals surface area contributed by atoms with Gasteiger partial charge in [-0.2, -0.15) is 0 Å². The van der Waals surface area contributed by atoms with Gasteiger partial charge in [0.15, 0.2) is 17.3 Å². The maximum absolute atomic E-state index is 6.19. The minimum absolute atomic E-state index is 1.98. The van der Waals surface area contributed by atoms with E-state index in [9.17, 15) is 0 Å². The highest BCUT2D eigenvalue weighted by Crippen LogP contribution is 2.69. The molecule has 0 aromatic rings. The van der Waals surface area contributed by atoms with Crippen molar-refractivity contribution in [2.24, 2.45) is 0 Å². The third kappa shape index (κ3) is 7.12. The van der Waals surface area contributed by atoms with E-state index in [0.29, 0.717) is 0 Å². The molecule has 0 aromatic carbocycles. The van der Waals surface area contributed by atoms with Crippen LogP contribution in [0.1, 0.15) is 0 Å². The van der Waals surface area contributed by atoms with Crippen LogP contribution in [0.15, 0.2) is 0 Å². The smallest absolute Gasteiger partial charge is 0.226 e. The van der Waals surface area contributed by atoms with Gasteiger partial charge in [-0.15, -0.1) is 0 Å². The van der Waals surface area contributed by atoms with Gasteiger partial charge < -0.3 is 0 Å². The van der Waals surface area contributed by atoms with Gasteiger partial charge in [0.2, 0.25) is 25.2 Å². The number of alkyl halides is 22. The Morgan fingerprint density at radius 2 is 0.424 bits per heavy atom. The zero-order chi connectivity index (χ0) is 27.7. The van der Waals surface area contributed by atoms with E-state index < -0.39 is 42.5 Å². The lowest BCUT2D eigenvalue weighted by molar-refractivity contribution is 0.395. The number of halogens is 22. The molecule has 0 bridgehead atoms. The van der Waals surface area contributed by atoms with Crippen LogP contribution in [0.25, 0.3) is 0 Å². The Kier molecular flexibility index (Phi) is 14.1. The van der Waals surface area contributed by atoms with Crippen LogP contribution in [-0.2, 0) is 0 Å². The molecule has 200 valence electrons. The van der Waals surface area contributed by atoms with Gasteiger partial charge in [-0.1, -0.05) is 255 Å². The summed E-state index contributed by atoms with van der Waals surface area (Å²) in [5.74, 6) is 0. The standard InChI is InChI=1S/C10HCl22N/c11-1(12,3(15,16)7(23,24)25)5(19,20)9(29,30)33-10(31,32)6(21,22)2(13,14)4(17,18)8(26,27)28/h33H. The predicted molar refractivity (Wildman–Crippen MR) is 159 cm³/mol. The van der Waals surface area contributed by atoms with Crippen LogP contribution in [0.2, 0.25) is 0 Å². The first kappa shape index (κ1) is 39.3. The molecule has 0 aliphatic heterocycles. The largest absolute Gasteiger partial charge is 0.249 e. The van der Waals surface area contributed by atoms with Crippen LogP contribution in [-0.4, -0.2) is 42.5 Å².